The van der Waals surface area contributed by atoms with Gasteiger partial charge in [-0.2, -0.15) is 0 Å². The molecule has 4 heteroatoms. The van der Waals surface area contributed by atoms with Crippen molar-refractivity contribution in [3.05, 3.63) is 11.1 Å². The van der Waals surface area contributed by atoms with Gasteiger partial charge in [-0.1, -0.05) is 18.1 Å². The third-order valence-corrected chi connectivity index (χ3v) is 7.48. The van der Waals surface area contributed by atoms with E-state index in [0.29, 0.717) is 36.4 Å². The Kier molecular flexibility index (Phi) is 3.70. The number of carbonyl (C=O) groups is 3. The normalized spacial score (nSPS) is 41.7. The molecule has 0 radical (unpaired) electrons. The number of ketones is 2. The monoisotopic (exact) mass is 330 g/mol. The molecule has 4 rings (SSSR count). The van der Waals surface area contributed by atoms with E-state index in [0.717, 1.165) is 38.5 Å². The molecule has 0 spiro atoms. The minimum atomic E-state index is -0.855. The molecule has 0 aromatic heterocycles. The Balaban J connectivity index is 1.62. The lowest BCUT2D eigenvalue weighted by atomic mass is 9.54. The highest BCUT2D eigenvalue weighted by Crippen LogP contribution is 2.61. The summed E-state index contributed by atoms with van der Waals surface area (Å²) < 4.78 is 0. The van der Waals surface area contributed by atoms with Crippen LogP contribution in [0.25, 0.3) is 0 Å². The second-order valence-electron chi connectivity index (χ2n) is 8.61. The first-order valence-electron chi connectivity index (χ1n) is 9.38. The van der Waals surface area contributed by atoms with Gasteiger partial charge in [-0.25, -0.2) is 0 Å². The topological polar surface area (TPSA) is 71.4 Å². The molecule has 5 atom stereocenters. The van der Waals surface area contributed by atoms with Crippen molar-refractivity contribution in [2.24, 2.45) is 29.1 Å². The largest absolute Gasteiger partial charge is 0.481 e. The van der Waals surface area contributed by atoms with Crippen LogP contribution in [0.3, 0.4) is 0 Å². The van der Waals surface area contributed by atoms with Gasteiger partial charge in [0.25, 0.3) is 0 Å². The summed E-state index contributed by atoms with van der Waals surface area (Å²) in [5, 5.41) is 9.13. The molecule has 2 fully saturated rings. The number of hydrogen-bond acceptors (Lipinski definition) is 3. The summed E-state index contributed by atoms with van der Waals surface area (Å²) in [5.74, 6) is 0.818. The van der Waals surface area contributed by atoms with E-state index in [2.05, 4.69) is 6.92 Å². The first-order chi connectivity index (χ1) is 11.4. The second-order valence-corrected chi connectivity index (χ2v) is 8.61. The zero-order chi connectivity index (χ0) is 17.1. The van der Waals surface area contributed by atoms with Crippen molar-refractivity contribution in [3.8, 4) is 0 Å². The maximum absolute atomic E-state index is 12.9. The minimum Gasteiger partial charge on any atom is -0.481 e. The van der Waals surface area contributed by atoms with Crippen LogP contribution in [-0.2, 0) is 14.4 Å². The first kappa shape index (κ1) is 16.0. The third-order valence-electron chi connectivity index (χ3n) is 7.48. The fourth-order valence-corrected chi connectivity index (χ4v) is 6.38. The third kappa shape index (κ3) is 2.29. The number of Topliss-reactive ketones (excluding diaryl/α,β-unsaturated/α-hetero) is 2. The van der Waals surface area contributed by atoms with Crippen LogP contribution in [0.5, 0.6) is 0 Å². The van der Waals surface area contributed by atoms with Crippen LogP contribution in [0.4, 0.5) is 0 Å². The summed E-state index contributed by atoms with van der Waals surface area (Å²) in [6.07, 6.45) is 7.01. The molecule has 130 valence electrons. The van der Waals surface area contributed by atoms with E-state index in [-0.39, 0.29) is 23.5 Å². The Hall–Kier alpha value is -1.45. The first-order valence-corrected chi connectivity index (χ1v) is 9.38. The van der Waals surface area contributed by atoms with Gasteiger partial charge in [-0.3, -0.25) is 14.4 Å². The molecule has 2 saturated carbocycles. The number of hydrogen-bond donors (Lipinski definition) is 1. The van der Waals surface area contributed by atoms with Crippen molar-refractivity contribution in [1.29, 1.82) is 0 Å². The molecule has 0 saturated heterocycles. The Morgan fingerprint density at radius 3 is 2.75 bits per heavy atom. The Labute approximate surface area is 142 Å². The van der Waals surface area contributed by atoms with Crippen molar-refractivity contribution in [1.82, 2.24) is 0 Å². The Bertz CT molecular complexity index is 646. The second kappa shape index (κ2) is 5.53. The maximum Gasteiger partial charge on any atom is 0.304 e. The highest BCUT2D eigenvalue weighted by Gasteiger charge is 2.58. The average Bonchev–Trinajstić information content (AvgIpc) is 2.78. The van der Waals surface area contributed by atoms with Gasteiger partial charge in [0.2, 0.25) is 0 Å². The van der Waals surface area contributed by atoms with E-state index in [1.165, 1.54) is 11.1 Å². The van der Waals surface area contributed by atoms with Crippen LogP contribution in [-0.4, -0.2) is 22.6 Å². The van der Waals surface area contributed by atoms with E-state index in [1.807, 2.05) is 0 Å². The molecule has 0 amide bonds. The Morgan fingerprint density at radius 2 is 2.00 bits per heavy atom. The summed E-state index contributed by atoms with van der Waals surface area (Å²) in [6.45, 7) is 2.09. The summed E-state index contributed by atoms with van der Waals surface area (Å²) in [4.78, 5) is 35.8. The van der Waals surface area contributed by atoms with E-state index in [1.54, 1.807) is 0 Å². The number of carbonyl (C=O) groups excluding carboxylic acids is 2. The fourth-order valence-electron chi connectivity index (χ4n) is 6.38. The van der Waals surface area contributed by atoms with Gasteiger partial charge in [-0.15, -0.1) is 0 Å². The molecule has 24 heavy (non-hydrogen) atoms. The smallest absolute Gasteiger partial charge is 0.304 e. The molecule has 4 aliphatic rings. The van der Waals surface area contributed by atoms with Crippen molar-refractivity contribution in [2.75, 3.05) is 0 Å². The molecule has 0 bridgehead atoms. The number of rotatable bonds is 2. The van der Waals surface area contributed by atoms with Crippen LogP contribution < -0.4 is 0 Å². The number of aliphatic carboxylic acids is 1. The predicted octanol–water partition coefficient (Wildman–Crippen LogP) is 3.54. The fraction of sp³-hybridized carbons (Fsp3) is 0.750. The van der Waals surface area contributed by atoms with E-state index in [9.17, 15) is 14.4 Å². The van der Waals surface area contributed by atoms with Crippen LogP contribution >= 0.6 is 0 Å². The highest BCUT2D eigenvalue weighted by atomic mass is 16.4. The molecule has 0 aromatic carbocycles. The summed E-state index contributed by atoms with van der Waals surface area (Å²) in [6, 6.07) is 0. The summed E-state index contributed by atoms with van der Waals surface area (Å²) >= 11 is 0. The zero-order valence-corrected chi connectivity index (χ0v) is 14.3. The highest BCUT2D eigenvalue weighted by molar-refractivity contribution is 5.92. The lowest BCUT2D eigenvalue weighted by Crippen LogP contribution is -2.44. The minimum absolute atomic E-state index is 0.00917. The number of allylic oxidation sites excluding steroid dienone is 2. The number of carboxylic acids is 1. The van der Waals surface area contributed by atoms with Crippen molar-refractivity contribution in [2.45, 2.75) is 64.7 Å². The van der Waals surface area contributed by atoms with Crippen LogP contribution in [0.1, 0.15) is 64.7 Å². The van der Waals surface area contributed by atoms with Gasteiger partial charge < -0.3 is 5.11 Å². The molecule has 4 nitrogen and oxygen atoms in total. The van der Waals surface area contributed by atoms with Gasteiger partial charge in [0, 0.05) is 24.2 Å². The molecule has 4 aliphatic carbocycles. The summed E-state index contributed by atoms with van der Waals surface area (Å²) in [5.41, 5.74) is 2.61. The van der Waals surface area contributed by atoms with Crippen molar-refractivity contribution < 1.29 is 19.5 Å². The van der Waals surface area contributed by atoms with Crippen LogP contribution in [0.15, 0.2) is 11.1 Å². The molecular weight excluding hydrogens is 304 g/mol. The van der Waals surface area contributed by atoms with Crippen LogP contribution in [0.2, 0.25) is 0 Å². The van der Waals surface area contributed by atoms with Gasteiger partial charge >= 0.3 is 5.97 Å². The van der Waals surface area contributed by atoms with Crippen LogP contribution in [0, 0.1) is 29.1 Å². The van der Waals surface area contributed by atoms with Gasteiger partial charge in [0.15, 0.2) is 0 Å². The average molecular weight is 330 g/mol. The molecule has 4 unspecified atom stereocenters. The van der Waals surface area contributed by atoms with E-state index < -0.39 is 5.97 Å². The van der Waals surface area contributed by atoms with Gasteiger partial charge in [0.05, 0.1) is 6.42 Å². The Morgan fingerprint density at radius 1 is 1.21 bits per heavy atom. The van der Waals surface area contributed by atoms with Gasteiger partial charge in [0.1, 0.15) is 11.6 Å². The lowest BCUT2D eigenvalue weighted by molar-refractivity contribution is -0.141. The maximum atomic E-state index is 12.9. The number of fused-ring (bicyclic) bond motifs is 4. The molecular formula is C20H26O4. The van der Waals surface area contributed by atoms with E-state index in [4.69, 9.17) is 5.11 Å². The number of carboxylic acid groups (broad SMARTS) is 1. The molecule has 0 heterocycles. The van der Waals surface area contributed by atoms with Crippen molar-refractivity contribution in [3.63, 3.8) is 0 Å². The standard InChI is InChI=1S/C20H26O4/c1-20-7-6-15-14-5-3-13(21)8-11(14)2-4-16(15)17(20)9-12(19(20)24)10-18(22)23/h12,15-17H,2-10H2,1H3,(H,22,23)/t12?,15?,16?,17?,20-/m0/s1. The zero-order valence-electron chi connectivity index (χ0n) is 14.3. The molecule has 1 N–H and O–H groups in total. The summed E-state index contributed by atoms with van der Waals surface area (Å²) in [7, 11) is 0. The van der Waals surface area contributed by atoms with Crippen molar-refractivity contribution >= 4 is 17.5 Å². The SMILES string of the molecule is C[C@]12CCC3C4=C(CCC3C1CC(CC(=O)O)C2=O)CC(=O)CC4. The molecule has 0 aromatic rings. The lowest BCUT2D eigenvalue weighted by Gasteiger charge is -2.49. The quantitative estimate of drug-likeness (QED) is 0.786. The molecule has 0 aliphatic heterocycles. The van der Waals surface area contributed by atoms with E-state index >= 15 is 0 Å². The predicted molar refractivity (Wildman–Crippen MR) is 88.3 cm³/mol. The van der Waals surface area contributed by atoms with Gasteiger partial charge in [-0.05, 0) is 56.3 Å².